The van der Waals surface area contributed by atoms with Crippen LogP contribution in [0.15, 0.2) is 53.4 Å². The number of nitrogens with two attached hydrogens (primary N) is 1. The maximum Gasteiger partial charge on any atom is 0.241 e. The number of pyridine rings is 1. The number of nitrogens with zero attached hydrogens (tertiary/aromatic N) is 1. The van der Waals surface area contributed by atoms with Gasteiger partial charge >= 0.3 is 0 Å². The summed E-state index contributed by atoms with van der Waals surface area (Å²) < 4.78 is 0. The zero-order valence-corrected chi connectivity index (χ0v) is 11.4. The Morgan fingerprint density at radius 3 is 2.58 bits per heavy atom. The first kappa shape index (κ1) is 13.4. The summed E-state index contributed by atoms with van der Waals surface area (Å²) in [6, 6.07) is 13.9. The second-order valence-corrected chi connectivity index (χ2v) is 4.79. The molecule has 0 saturated carbocycles. The van der Waals surface area contributed by atoms with Gasteiger partial charge in [0.2, 0.25) is 5.91 Å². The number of thioether (sulfide) groups is 1. The minimum atomic E-state index is -0.475. The van der Waals surface area contributed by atoms with Crippen molar-refractivity contribution in [3.8, 4) is 11.3 Å². The third-order valence-corrected chi connectivity index (χ3v) is 3.32. The predicted octanol–water partition coefficient (Wildman–Crippen LogP) is 2.97. The van der Waals surface area contributed by atoms with Crippen molar-refractivity contribution in [3.63, 3.8) is 0 Å². The van der Waals surface area contributed by atoms with Gasteiger partial charge in [0.15, 0.2) is 0 Å². The molecule has 0 bridgehead atoms. The van der Waals surface area contributed by atoms with Crippen LogP contribution < -0.4 is 5.73 Å². The van der Waals surface area contributed by atoms with Crippen molar-refractivity contribution < 1.29 is 4.79 Å². The molecule has 2 N–H and O–H groups in total. The highest BCUT2D eigenvalue weighted by Gasteiger charge is 2.00. The number of carbonyl (C=O) groups is 1. The molecule has 0 fully saturated rings. The zero-order valence-electron chi connectivity index (χ0n) is 10.5. The van der Waals surface area contributed by atoms with Crippen LogP contribution in [-0.4, -0.2) is 17.1 Å². The monoisotopic (exact) mass is 270 g/mol. The Bertz CT molecular complexity index is 606. The molecule has 0 aliphatic carbocycles. The van der Waals surface area contributed by atoms with E-state index in [1.165, 1.54) is 11.0 Å². The predicted molar refractivity (Wildman–Crippen MR) is 79.7 cm³/mol. The highest BCUT2D eigenvalue weighted by Crippen LogP contribution is 2.21. The molecule has 1 amide bonds. The molecule has 4 heteroatoms. The Hall–Kier alpha value is -2.07. The molecule has 2 aromatic rings. The summed E-state index contributed by atoms with van der Waals surface area (Å²) >= 11 is 1.70. The number of amides is 1. The normalized spacial score (nSPS) is 10.8. The zero-order chi connectivity index (χ0) is 13.7. The van der Waals surface area contributed by atoms with Crippen molar-refractivity contribution in [2.24, 2.45) is 5.73 Å². The van der Waals surface area contributed by atoms with Gasteiger partial charge in [-0.05, 0) is 36.6 Å². The summed E-state index contributed by atoms with van der Waals surface area (Å²) in [6.07, 6.45) is 4.97. The van der Waals surface area contributed by atoms with Gasteiger partial charge in [-0.15, -0.1) is 11.8 Å². The number of carbonyl (C=O) groups excluding carboxylic acids is 1. The van der Waals surface area contributed by atoms with Crippen LogP contribution in [0, 0.1) is 0 Å². The van der Waals surface area contributed by atoms with E-state index in [0.29, 0.717) is 5.69 Å². The van der Waals surface area contributed by atoms with E-state index < -0.39 is 5.91 Å². The Morgan fingerprint density at radius 2 is 1.95 bits per heavy atom. The summed E-state index contributed by atoms with van der Waals surface area (Å²) in [6.45, 7) is 0. The summed E-state index contributed by atoms with van der Waals surface area (Å²) in [5, 5.41) is 0. The first-order valence-electron chi connectivity index (χ1n) is 5.78. The number of hydrogen-bond acceptors (Lipinski definition) is 3. The van der Waals surface area contributed by atoms with Gasteiger partial charge in [0.1, 0.15) is 0 Å². The van der Waals surface area contributed by atoms with Gasteiger partial charge in [0.25, 0.3) is 0 Å². The molecule has 0 radical (unpaired) electrons. The third-order valence-electron chi connectivity index (χ3n) is 2.57. The van der Waals surface area contributed by atoms with E-state index in [0.717, 1.165) is 11.3 Å². The Morgan fingerprint density at radius 1 is 1.21 bits per heavy atom. The van der Waals surface area contributed by atoms with Crippen LogP contribution in [-0.2, 0) is 4.79 Å². The number of rotatable bonds is 4. The molecule has 2 rings (SSSR count). The Labute approximate surface area is 116 Å². The highest BCUT2D eigenvalue weighted by atomic mass is 32.2. The van der Waals surface area contributed by atoms with Crippen molar-refractivity contribution in [1.82, 2.24) is 4.98 Å². The summed E-state index contributed by atoms with van der Waals surface area (Å²) in [5.74, 6) is -0.475. The first-order chi connectivity index (χ1) is 9.19. The smallest absolute Gasteiger partial charge is 0.241 e. The largest absolute Gasteiger partial charge is 0.366 e. The fourth-order valence-electron chi connectivity index (χ4n) is 1.63. The quantitative estimate of drug-likeness (QED) is 0.686. The molecule has 0 aliphatic rings. The van der Waals surface area contributed by atoms with E-state index in [9.17, 15) is 4.79 Å². The summed E-state index contributed by atoms with van der Waals surface area (Å²) in [5.41, 5.74) is 7.70. The average molecular weight is 270 g/mol. The van der Waals surface area contributed by atoms with Crippen LogP contribution in [0.25, 0.3) is 17.3 Å². The minimum absolute atomic E-state index is 0.475. The molecule has 19 heavy (non-hydrogen) atoms. The van der Waals surface area contributed by atoms with Gasteiger partial charge in [-0.1, -0.05) is 18.2 Å². The fourth-order valence-corrected chi connectivity index (χ4v) is 2.04. The molecular weight excluding hydrogens is 256 g/mol. The van der Waals surface area contributed by atoms with Gasteiger partial charge in [-0.25, -0.2) is 4.98 Å². The molecule has 1 aromatic carbocycles. The second kappa shape index (κ2) is 6.20. The summed E-state index contributed by atoms with van der Waals surface area (Å²) in [4.78, 5) is 16.4. The molecule has 3 nitrogen and oxygen atoms in total. The Balaban J connectivity index is 2.29. The van der Waals surface area contributed by atoms with Crippen molar-refractivity contribution >= 4 is 23.7 Å². The number of hydrogen-bond donors (Lipinski definition) is 1. The van der Waals surface area contributed by atoms with E-state index in [-0.39, 0.29) is 0 Å². The SMILES string of the molecule is CSc1ccc(-c2cccc(C=CC(N)=O)n2)cc1. The van der Waals surface area contributed by atoms with Gasteiger partial charge < -0.3 is 5.73 Å². The standard InChI is InChI=1S/C15H14N2OS/c1-19-13-8-5-11(6-9-13)14-4-2-3-12(17-14)7-10-15(16)18/h2-10H,1H3,(H2,16,18). The lowest BCUT2D eigenvalue weighted by Gasteiger charge is -2.03. The number of benzene rings is 1. The second-order valence-electron chi connectivity index (χ2n) is 3.91. The van der Waals surface area contributed by atoms with Crippen LogP contribution in [0.1, 0.15) is 5.69 Å². The van der Waals surface area contributed by atoms with Gasteiger partial charge in [0, 0.05) is 16.5 Å². The van der Waals surface area contributed by atoms with Gasteiger partial charge in [-0.3, -0.25) is 4.79 Å². The lowest BCUT2D eigenvalue weighted by Crippen LogP contribution is -2.05. The third kappa shape index (κ3) is 3.69. The molecule has 1 heterocycles. The Kier molecular flexibility index (Phi) is 4.36. The highest BCUT2D eigenvalue weighted by molar-refractivity contribution is 7.98. The van der Waals surface area contributed by atoms with Crippen molar-refractivity contribution in [3.05, 3.63) is 54.2 Å². The van der Waals surface area contributed by atoms with Crippen LogP contribution in [0.3, 0.4) is 0 Å². The van der Waals surface area contributed by atoms with Crippen molar-refractivity contribution in [2.45, 2.75) is 4.90 Å². The minimum Gasteiger partial charge on any atom is -0.366 e. The maximum atomic E-state index is 10.7. The van der Waals surface area contributed by atoms with E-state index in [2.05, 4.69) is 17.1 Å². The molecular formula is C15H14N2OS. The summed E-state index contributed by atoms with van der Waals surface area (Å²) in [7, 11) is 0. The van der Waals surface area contributed by atoms with Crippen LogP contribution in [0.4, 0.5) is 0 Å². The lowest BCUT2D eigenvalue weighted by molar-refractivity contribution is -0.113. The van der Waals surface area contributed by atoms with E-state index in [1.54, 1.807) is 17.8 Å². The van der Waals surface area contributed by atoms with Gasteiger partial charge in [0.05, 0.1) is 11.4 Å². The van der Waals surface area contributed by atoms with Crippen molar-refractivity contribution in [2.75, 3.05) is 6.26 Å². The molecule has 1 aromatic heterocycles. The van der Waals surface area contributed by atoms with Crippen LogP contribution in [0.2, 0.25) is 0 Å². The van der Waals surface area contributed by atoms with E-state index >= 15 is 0 Å². The number of aromatic nitrogens is 1. The average Bonchev–Trinajstić information content (AvgIpc) is 2.45. The van der Waals surface area contributed by atoms with Crippen LogP contribution >= 0.6 is 11.8 Å². The topological polar surface area (TPSA) is 56.0 Å². The van der Waals surface area contributed by atoms with Gasteiger partial charge in [-0.2, -0.15) is 0 Å². The van der Waals surface area contributed by atoms with E-state index in [4.69, 9.17) is 5.73 Å². The molecule has 0 unspecified atom stereocenters. The van der Waals surface area contributed by atoms with E-state index in [1.807, 2.05) is 36.6 Å². The first-order valence-corrected chi connectivity index (χ1v) is 7.00. The lowest BCUT2D eigenvalue weighted by atomic mass is 10.1. The van der Waals surface area contributed by atoms with Crippen molar-refractivity contribution in [1.29, 1.82) is 0 Å². The molecule has 96 valence electrons. The molecule has 0 atom stereocenters. The number of primary amides is 1. The fraction of sp³-hybridized carbons (Fsp3) is 0.0667. The maximum absolute atomic E-state index is 10.7. The molecule has 0 aliphatic heterocycles. The molecule has 0 saturated heterocycles. The molecule has 0 spiro atoms. The van der Waals surface area contributed by atoms with Crippen LogP contribution in [0.5, 0.6) is 0 Å².